The van der Waals surface area contributed by atoms with Crippen LogP contribution in [0.5, 0.6) is 23.0 Å². The fourth-order valence-corrected chi connectivity index (χ4v) is 6.08. The van der Waals surface area contributed by atoms with Gasteiger partial charge in [0, 0.05) is 0 Å². The van der Waals surface area contributed by atoms with Gasteiger partial charge in [0.25, 0.3) is 0 Å². The van der Waals surface area contributed by atoms with Gasteiger partial charge in [-0.1, -0.05) is 48.5 Å². The smallest absolute Gasteiger partial charge is 0.411 e. The Labute approximate surface area is 309 Å². The SMILES string of the molecule is OC(COc1ccc(C(c2ccc(OC3CO3)cc2)(C(F)(F)F)C(F)(F)F)cc1)COc1ccc(C(c2ccc(OC3CO3)cc2)(C(F)(F)F)C(F)(F)F)cc1. The molecule has 4 aromatic rings. The summed E-state index contributed by atoms with van der Waals surface area (Å²) in [6.07, 6.45) is -26.3. The van der Waals surface area contributed by atoms with Crippen LogP contribution < -0.4 is 18.9 Å². The minimum Gasteiger partial charge on any atom is -0.491 e. The molecule has 2 aliphatic heterocycles. The highest BCUT2D eigenvalue weighted by Gasteiger charge is 2.73. The lowest BCUT2D eigenvalue weighted by Gasteiger charge is -2.38. The fourth-order valence-electron chi connectivity index (χ4n) is 6.08. The molecular weight excluding hydrogens is 784 g/mol. The van der Waals surface area contributed by atoms with Crippen molar-refractivity contribution in [1.29, 1.82) is 0 Å². The Kier molecular flexibility index (Phi) is 10.8. The largest absolute Gasteiger partial charge is 0.491 e. The third-order valence-corrected chi connectivity index (χ3v) is 8.88. The van der Waals surface area contributed by atoms with Crippen LogP contribution in [0.3, 0.4) is 0 Å². The van der Waals surface area contributed by atoms with E-state index in [1.807, 2.05) is 0 Å². The van der Waals surface area contributed by atoms with Crippen molar-refractivity contribution in [2.45, 2.75) is 54.2 Å². The zero-order valence-corrected chi connectivity index (χ0v) is 28.2. The number of rotatable bonds is 14. The molecule has 0 aliphatic carbocycles. The van der Waals surface area contributed by atoms with E-state index in [2.05, 4.69) is 0 Å². The predicted molar refractivity (Wildman–Crippen MR) is 169 cm³/mol. The van der Waals surface area contributed by atoms with Crippen LogP contribution in [0.25, 0.3) is 0 Å². The zero-order valence-electron chi connectivity index (χ0n) is 28.2. The summed E-state index contributed by atoms with van der Waals surface area (Å²) in [5.74, 6) is -0.508. The van der Waals surface area contributed by atoms with Crippen molar-refractivity contribution in [2.75, 3.05) is 26.4 Å². The highest BCUT2D eigenvalue weighted by atomic mass is 19.4. The van der Waals surface area contributed by atoms with Gasteiger partial charge in [-0.3, -0.25) is 0 Å². The molecule has 56 heavy (non-hydrogen) atoms. The molecule has 2 heterocycles. The summed E-state index contributed by atoms with van der Waals surface area (Å²) in [6.45, 7) is -0.828. The first-order chi connectivity index (χ1) is 26.2. The van der Waals surface area contributed by atoms with Crippen LogP contribution in [0.2, 0.25) is 0 Å². The number of benzene rings is 4. The molecule has 0 radical (unpaired) electrons. The van der Waals surface area contributed by atoms with Crippen molar-refractivity contribution in [3.8, 4) is 23.0 Å². The van der Waals surface area contributed by atoms with Crippen molar-refractivity contribution >= 4 is 0 Å². The van der Waals surface area contributed by atoms with Crippen LogP contribution in [0.4, 0.5) is 52.7 Å². The monoisotopic (exact) mass is 812 g/mol. The number of aliphatic hydroxyl groups is 1. The molecule has 0 spiro atoms. The predicted octanol–water partition coefficient (Wildman–Crippen LogP) is 8.80. The van der Waals surface area contributed by atoms with Gasteiger partial charge in [-0.25, -0.2) is 0 Å². The number of epoxide rings is 2. The molecule has 1 N–H and O–H groups in total. The van der Waals surface area contributed by atoms with Crippen LogP contribution in [0, 0.1) is 0 Å². The van der Waals surface area contributed by atoms with Gasteiger partial charge in [0.05, 0.1) is 0 Å². The van der Waals surface area contributed by atoms with Crippen LogP contribution in [-0.4, -0.2) is 74.9 Å². The molecule has 7 nitrogen and oxygen atoms in total. The first-order valence-electron chi connectivity index (χ1n) is 16.4. The first kappa shape index (κ1) is 40.8. The standard InChI is InChI=1S/C37H28F12O7/c38-34(39,40)32(35(41,42)43,23-5-13-28(14-6-23)55-30-19-53-30)21-1-9-26(10-2-21)51-17-25(50)18-52-27-11-3-22(4-12-27)33(36(44,45)46,37(47,48)49)24-7-15-29(16-8-24)56-31-20-54-31/h1-16,25,30-31,50H,17-20H2. The normalized spacial score (nSPS) is 18.2. The molecule has 2 saturated heterocycles. The Morgan fingerprint density at radius 1 is 0.446 bits per heavy atom. The summed E-state index contributed by atoms with van der Waals surface area (Å²) < 4.78 is 205. The number of ether oxygens (including phenoxy) is 6. The average Bonchev–Trinajstić information content (AvgIpc) is 4.05. The maximum absolute atomic E-state index is 14.5. The summed E-state index contributed by atoms with van der Waals surface area (Å²) >= 11 is 0. The number of halogens is 12. The van der Waals surface area contributed by atoms with E-state index in [-0.39, 0.29) is 36.2 Å². The number of hydrogen-bond acceptors (Lipinski definition) is 7. The van der Waals surface area contributed by atoms with E-state index in [1.165, 1.54) is 0 Å². The van der Waals surface area contributed by atoms with E-state index >= 15 is 0 Å². The van der Waals surface area contributed by atoms with Crippen molar-refractivity contribution < 1.29 is 86.2 Å². The van der Waals surface area contributed by atoms with Gasteiger partial charge in [0.1, 0.15) is 55.5 Å². The third-order valence-electron chi connectivity index (χ3n) is 8.88. The summed E-state index contributed by atoms with van der Waals surface area (Å²) in [7, 11) is 0. The van der Waals surface area contributed by atoms with Gasteiger partial charge in [0.2, 0.25) is 23.4 Å². The van der Waals surface area contributed by atoms with E-state index in [4.69, 9.17) is 28.4 Å². The highest BCUT2D eigenvalue weighted by Crippen LogP contribution is 2.58. The van der Waals surface area contributed by atoms with Gasteiger partial charge in [-0.2, -0.15) is 52.7 Å². The van der Waals surface area contributed by atoms with Gasteiger partial charge in [-0.05, 0) is 70.8 Å². The molecule has 2 unspecified atom stereocenters. The Hall–Kier alpha value is -4.88. The summed E-state index contributed by atoms with van der Waals surface area (Å²) in [6, 6.07) is 12.0. The zero-order chi connectivity index (χ0) is 40.7. The molecule has 2 aliphatic rings. The van der Waals surface area contributed by atoms with Crippen LogP contribution in [0.1, 0.15) is 22.3 Å². The van der Waals surface area contributed by atoms with Crippen LogP contribution in [-0.2, 0) is 20.3 Å². The Bertz CT molecular complexity index is 1750. The Morgan fingerprint density at radius 3 is 0.893 bits per heavy atom. The Balaban J connectivity index is 1.12. The van der Waals surface area contributed by atoms with E-state index in [9.17, 15) is 57.8 Å². The summed E-state index contributed by atoms with van der Waals surface area (Å²) in [4.78, 5) is 0. The van der Waals surface area contributed by atoms with E-state index in [0.717, 1.165) is 48.5 Å². The molecule has 0 aromatic heterocycles. The van der Waals surface area contributed by atoms with E-state index in [0.29, 0.717) is 48.5 Å². The summed E-state index contributed by atoms with van der Waals surface area (Å²) in [5.41, 5.74) is -13.6. The first-order valence-corrected chi connectivity index (χ1v) is 16.4. The van der Waals surface area contributed by atoms with E-state index in [1.54, 1.807) is 0 Å². The fraction of sp³-hybridized carbons (Fsp3) is 0.351. The summed E-state index contributed by atoms with van der Waals surface area (Å²) in [5, 5.41) is 10.3. The lowest BCUT2D eigenvalue weighted by Crippen LogP contribution is -2.54. The van der Waals surface area contributed by atoms with Crippen molar-refractivity contribution in [2.24, 2.45) is 0 Å². The van der Waals surface area contributed by atoms with Crippen molar-refractivity contribution in [3.05, 3.63) is 119 Å². The van der Waals surface area contributed by atoms with E-state index < -0.39 is 89.7 Å². The van der Waals surface area contributed by atoms with Crippen molar-refractivity contribution in [1.82, 2.24) is 0 Å². The maximum Gasteiger partial charge on any atom is 0.411 e. The minimum absolute atomic E-state index is 0.00375. The van der Waals surface area contributed by atoms with Crippen LogP contribution in [0.15, 0.2) is 97.1 Å². The molecule has 0 amide bonds. The van der Waals surface area contributed by atoms with Gasteiger partial charge in [-0.15, -0.1) is 0 Å². The molecule has 302 valence electrons. The topological polar surface area (TPSA) is 82.2 Å². The van der Waals surface area contributed by atoms with Gasteiger partial charge in [0.15, 0.2) is 0 Å². The molecular formula is C37H28F12O7. The number of hydrogen-bond donors (Lipinski definition) is 1. The molecule has 6 rings (SSSR count). The minimum atomic E-state index is -5.87. The average molecular weight is 813 g/mol. The van der Waals surface area contributed by atoms with Crippen molar-refractivity contribution in [3.63, 3.8) is 0 Å². The molecule has 19 heteroatoms. The third kappa shape index (κ3) is 8.02. The lowest BCUT2D eigenvalue weighted by molar-refractivity contribution is -0.290. The van der Waals surface area contributed by atoms with Gasteiger partial charge < -0.3 is 33.5 Å². The Morgan fingerprint density at radius 2 is 0.679 bits per heavy atom. The number of alkyl halides is 12. The maximum atomic E-state index is 14.5. The van der Waals surface area contributed by atoms with Crippen LogP contribution >= 0.6 is 0 Å². The molecule has 2 atom stereocenters. The quantitative estimate of drug-likeness (QED) is 0.101. The second-order valence-electron chi connectivity index (χ2n) is 12.6. The molecule has 0 saturated carbocycles. The second kappa shape index (κ2) is 14.9. The molecule has 2 fully saturated rings. The molecule has 4 aromatic carbocycles. The highest BCUT2D eigenvalue weighted by molar-refractivity contribution is 5.48. The second-order valence-corrected chi connectivity index (χ2v) is 12.6. The van der Waals surface area contributed by atoms with Gasteiger partial charge >= 0.3 is 24.7 Å². The lowest BCUT2D eigenvalue weighted by atomic mass is 9.73. The number of aliphatic hydroxyl groups excluding tert-OH is 1. The molecule has 0 bridgehead atoms.